The van der Waals surface area contributed by atoms with E-state index in [-0.39, 0.29) is 0 Å². The molecule has 2 nitrogen and oxygen atoms in total. The molecule has 1 fully saturated rings. The Morgan fingerprint density at radius 2 is 2.31 bits per heavy atom. The molecule has 0 saturated carbocycles. The van der Waals surface area contributed by atoms with Gasteiger partial charge in [0.15, 0.2) is 0 Å². The first kappa shape index (κ1) is 12.1. The zero-order chi connectivity index (χ0) is 11.1. The van der Waals surface area contributed by atoms with Gasteiger partial charge >= 0.3 is 0 Å². The largest absolute Gasteiger partial charge is 0.376 e. The van der Waals surface area contributed by atoms with Crippen molar-refractivity contribution >= 4 is 0 Å². The van der Waals surface area contributed by atoms with Crippen LogP contribution in [0.3, 0.4) is 0 Å². The fraction of sp³-hybridized carbons (Fsp3) is 0.857. The molecular formula is C14H25NO. The van der Waals surface area contributed by atoms with Crippen molar-refractivity contribution < 1.29 is 4.74 Å². The molecule has 1 atom stereocenters. The van der Waals surface area contributed by atoms with Crippen LogP contribution >= 0.6 is 0 Å². The van der Waals surface area contributed by atoms with E-state index in [1.165, 1.54) is 51.4 Å². The number of nitrogens with one attached hydrogen (secondary N) is 1. The summed E-state index contributed by atoms with van der Waals surface area (Å²) < 4.78 is 5.69. The highest BCUT2D eigenvalue weighted by Crippen LogP contribution is 2.22. The van der Waals surface area contributed by atoms with E-state index < -0.39 is 0 Å². The molecule has 1 N–H and O–H groups in total. The van der Waals surface area contributed by atoms with Crippen LogP contribution in [-0.4, -0.2) is 25.8 Å². The third-order valence-electron chi connectivity index (χ3n) is 3.66. The lowest BCUT2D eigenvalue weighted by atomic mass is 9.95. The lowest BCUT2D eigenvalue weighted by molar-refractivity contribution is 0.0221. The topological polar surface area (TPSA) is 21.3 Å². The normalized spacial score (nSPS) is 26.5. The number of allylic oxidation sites excluding steroid dienone is 2. The highest BCUT2D eigenvalue weighted by atomic mass is 16.5. The molecule has 0 radical (unpaired) electrons. The Bertz CT molecular complexity index is 219. The van der Waals surface area contributed by atoms with Gasteiger partial charge in [0.1, 0.15) is 0 Å². The molecule has 2 heteroatoms. The van der Waals surface area contributed by atoms with Crippen molar-refractivity contribution in [1.29, 1.82) is 0 Å². The second-order valence-corrected chi connectivity index (χ2v) is 5.05. The van der Waals surface area contributed by atoms with Gasteiger partial charge in [-0.25, -0.2) is 0 Å². The molecule has 0 aromatic carbocycles. The number of ether oxygens (including phenoxy) is 1. The Labute approximate surface area is 99.4 Å². The Morgan fingerprint density at radius 1 is 1.31 bits per heavy atom. The smallest absolute Gasteiger partial charge is 0.0700 e. The van der Waals surface area contributed by atoms with Gasteiger partial charge in [-0.15, -0.1) is 0 Å². The van der Waals surface area contributed by atoms with Crippen LogP contribution in [0.2, 0.25) is 0 Å². The number of hydrogen-bond acceptors (Lipinski definition) is 2. The molecule has 1 unspecified atom stereocenters. The van der Waals surface area contributed by atoms with Crippen LogP contribution in [0.25, 0.3) is 0 Å². The maximum absolute atomic E-state index is 5.69. The number of hydrogen-bond donors (Lipinski definition) is 1. The second kappa shape index (κ2) is 7.08. The van der Waals surface area contributed by atoms with Crippen molar-refractivity contribution in [3.05, 3.63) is 11.6 Å². The summed E-state index contributed by atoms with van der Waals surface area (Å²) in [6.45, 7) is 2.99. The summed E-state index contributed by atoms with van der Waals surface area (Å²) in [5.41, 5.74) is 1.72. The van der Waals surface area contributed by atoms with Crippen LogP contribution in [0.5, 0.6) is 0 Å². The van der Waals surface area contributed by atoms with Crippen molar-refractivity contribution in [3.8, 4) is 0 Å². The molecule has 2 aliphatic rings. The average Bonchev–Trinajstić information content (AvgIpc) is 2.37. The minimum Gasteiger partial charge on any atom is -0.376 e. The van der Waals surface area contributed by atoms with E-state index in [1.54, 1.807) is 5.57 Å². The first-order chi connectivity index (χ1) is 7.95. The van der Waals surface area contributed by atoms with Gasteiger partial charge in [-0.05, 0) is 44.9 Å². The van der Waals surface area contributed by atoms with Crippen LogP contribution in [0, 0.1) is 0 Å². The van der Waals surface area contributed by atoms with Crippen molar-refractivity contribution in [3.63, 3.8) is 0 Å². The van der Waals surface area contributed by atoms with Gasteiger partial charge in [0.05, 0.1) is 12.7 Å². The van der Waals surface area contributed by atoms with Crippen molar-refractivity contribution in [2.45, 2.75) is 57.5 Å². The molecule has 0 aromatic rings. The van der Waals surface area contributed by atoms with Crippen LogP contribution in [-0.2, 0) is 4.74 Å². The molecule has 1 saturated heterocycles. The summed E-state index contributed by atoms with van der Waals surface area (Å²) in [6, 6.07) is 0. The Morgan fingerprint density at radius 3 is 3.06 bits per heavy atom. The van der Waals surface area contributed by atoms with Crippen LogP contribution < -0.4 is 5.32 Å². The van der Waals surface area contributed by atoms with Gasteiger partial charge in [-0.1, -0.05) is 18.1 Å². The van der Waals surface area contributed by atoms with Crippen LogP contribution in [0.1, 0.15) is 51.4 Å². The molecule has 2 rings (SSSR count). The zero-order valence-electron chi connectivity index (χ0n) is 10.3. The van der Waals surface area contributed by atoms with E-state index in [0.29, 0.717) is 6.10 Å². The maximum Gasteiger partial charge on any atom is 0.0700 e. The average molecular weight is 223 g/mol. The molecule has 0 aromatic heterocycles. The van der Waals surface area contributed by atoms with Gasteiger partial charge in [-0.2, -0.15) is 0 Å². The number of unbranched alkanes of at least 4 members (excludes halogenated alkanes) is 1. The standard InChI is InChI=1S/C14H25NO/c1-2-6-13(7-3-1)8-4-5-9-14-12-15-10-11-16-14/h6,14-15H,1-5,7-12H2. The SMILES string of the molecule is C1=C(CCCCC2CNCCO2)CCCC1. The third-order valence-corrected chi connectivity index (χ3v) is 3.66. The van der Waals surface area contributed by atoms with Crippen molar-refractivity contribution in [1.82, 2.24) is 5.32 Å². The van der Waals surface area contributed by atoms with Crippen LogP contribution in [0.15, 0.2) is 11.6 Å². The molecule has 16 heavy (non-hydrogen) atoms. The second-order valence-electron chi connectivity index (χ2n) is 5.05. The van der Waals surface area contributed by atoms with Crippen molar-refractivity contribution in [2.75, 3.05) is 19.7 Å². The van der Waals surface area contributed by atoms with Gasteiger partial charge < -0.3 is 10.1 Å². The lowest BCUT2D eigenvalue weighted by Crippen LogP contribution is -2.38. The minimum atomic E-state index is 0.481. The molecule has 1 aliphatic carbocycles. The highest BCUT2D eigenvalue weighted by Gasteiger charge is 2.12. The fourth-order valence-corrected chi connectivity index (χ4v) is 2.66. The number of morpholine rings is 1. The Hall–Kier alpha value is -0.340. The maximum atomic E-state index is 5.69. The zero-order valence-corrected chi connectivity index (χ0v) is 10.3. The van der Waals surface area contributed by atoms with E-state index in [0.717, 1.165) is 19.7 Å². The van der Waals surface area contributed by atoms with Crippen LogP contribution in [0.4, 0.5) is 0 Å². The fourth-order valence-electron chi connectivity index (χ4n) is 2.66. The summed E-state index contributed by atoms with van der Waals surface area (Å²) in [4.78, 5) is 0. The minimum absolute atomic E-state index is 0.481. The monoisotopic (exact) mass is 223 g/mol. The predicted octanol–water partition coefficient (Wildman–Crippen LogP) is 3.04. The summed E-state index contributed by atoms with van der Waals surface area (Å²) >= 11 is 0. The summed E-state index contributed by atoms with van der Waals surface area (Å²) in [5, 5.41) is 3.39. The van der Waals surface area contributed by atoms with E-state index in [2.05, 4.69) is 11.4 Å². The summed E-state index contributed by atoms with van der Waals surface area (Å²) in [6.07, 6.45) is 13.7. The first-order valence-corrected chi connectivity index (χ1v) is 6.95. The summed E-state index contributed by atoms with van der Waals surface area (Å²) in [7, 11) is 0. The van der Waals surface area contributed by atoms with Gasteiger partial charge in [0.25, 0.3) is 0 Å². The lowest BCUT2D eigenvalue weighted by Gasteiger charge is -2.23. The highest BCUT2D eigenvalue weighted by molar-refractivity contribution is 5.04. The quantitative estimate of drug-likeness (QED) is 0.571. The van der Waals surface area contributed by atoms with E-state index in [4.69, 9.17) is 4.74 Å². The molecule has 0 spiro atoms. The molecular weight excluding hydrogens is 198 g/mol. The van der Waals surface area contributed by atoms with Gasteiger partial charge in [-0.3, -0.25) is 0 Å². The van der Waals surface area contributed by atoms with E-state index in [9.17, 15) is 0 Å². The third kappa shape index (κ3) is 4.26. The van der Waals surface area contributed by atoms with E-state index >= 15 is 0 Å². The predicted molar refractivity (Wildman–Crippen MR) is 67.6 cm³/mol. The Kier molecular flexibility index (Phi) is 5.36. The summed E-state index contributed by atoms with van der Waals surface area (Å²) in [5.74, 6) is 0. The molecule has 0 bridgehead atoms. The van der Waals surface area contributed by atoms with Gasteiger partial charge in [0.2, 0.25) is 0 Å². The molecule has 1 aliphatic heterocycles. The number of rotatable bonds is 5. The molecule has 0 amide bonds. The molecule has 92 valence electrons. The van der Waals surface area contributed by atoms with E-state index in [1.807, 2.05) is 0 Å². The van der Waals surface area contributed by atoms with Gasteiger partial charge in [0, 0.05) is 13.1 Å². The molecule has 1 heterocycles. The first-order valence-electron chi connectivity index (χ1n) is 6.95. The Balaban J connectivity index is 1.52. The van der Waals surface area contributed by atoms with Crippen molar-refractivity contribution in [2.24, 2.45) is 0 Å².